The summed E-state index contributed by atoms with van der Waals surface area (Å²) in [6, 6.07) is 18.0. The highest BCUT2D eigenvalue weighted by Gasteiger charge is 2.10. The lowest BCUT2D eigenvalue weighted by Gasteiger charge is -2.04. The van der Waals surface area contributed by atoms with Gasteiger partial charge < -0.3 is 4.74 Å². The summed E-state index contributed by atoms with van der Waals surface area (Å²) in [5, 5.41) is 15.2. The predicted octanol–water partition coefficient (Wildman–Crippen LogP) is 4.62. The molecule has 0 aliphatic carbocycles. The second-order valence-corrected chi connectivity index (χ2v) is 7.78. The van der Waals surface area contributed by atoms with Gasteiger partial charge in [0.25, 0.3) is 0 Å². The number of tetrazole rings is 1. The maximum absolute atomic E-state index is 5.49. The number of para-hydroxylation sites is 1. The van der Waals surface area contributed by atoms with Crippen LogP contribution in [0.2, 0.25) is 0 Å². The Labute approximate surface area is 171 Å². The second-order valence-electron chi connectivity index (χ2n) is 5.94. The Morgan fingerprint density at radius 2 is 1.86 bits per heavy atom. The van der Waals surface area contributed by atoms with Gasteiger partial charge >= 0.3 is 0 Å². The summed E-state index contributed by atoms with van der Waals surface area (Å²) in [6.07, 6.45) is 0. The number of hydrogen-bond donors (Lipinski definition) is 0. The minimum atomic E-state index is 0.672. The molecule has 0 bridgehead atoms. The van der Waals surface area contributed by atoms with Gasteiger partial charge in [-0.25, -0.2) is 4.98 Å². The Kier molecular flexibility index (Phi) is 5.98. The molecule has 28 heavy (non-hydrogen) atoms. The maximum Gasteiger partial charge on any atom is 0.166 e. The van der Waals surface area contributed by atoms with Crippen LogP contribution in [-0.2, 0) is 11.5 Å². The Balaban J connectivity index is 1.36. The fourth-order valence-electron chi connectivity index (χ4n) is 2.68. The van der Waals surface area contributed by atoms with Gasteiger partial charge in [0.1, 0.15) is 10.8 Å². The number of thioether (sulfide) groups is 1. The van der Waals surface area contributed by atoms with Crippen LogP contribution in [0.1, 0.15) is 18.4 Å². The first kappa shape index (κ1) is 18.6. The van der Waals surface area contributed by atoms with Gasteiger partial charge in [0.2, 0.25) is 0 Å². The van der Waals surface area contributed by atoms with E-state index in [0.29, 0.717) is 6.61 Å². The van der Waals surface area contributed by atoms with Crippen LogP contribution in [0, 0.1) is 0 Å². The third-order valence-electron chi connectivity index (χ3n) is 3.98. The van der Waals surface area contributed by atoms with Gasteiger partial charge in [-0.15, -0.1) is 28.2 Å². The minimum Gasteiger partial charge on any atom is -0.494 e. The number of thiazole rings is 1. The monoisotopic (exact) mass is 409 g/mol. The largest absolute Gasteiger partial charge is 0.494 e. The highest BCUT2D eigenvalue weighted by molar-refractivity contribution is 7.97. The number of aromatic nitrogens is 5. The molecular weight excluding hydrogens is 390 g/mol. The Morgan fingerprint density at radius 3 is 2.64 bits per heavy atom. The van der Waals surface area contributed by atoms with Crippen LogP contribution in [0.5, 0.6) is 5.75 Å². The van der Waals surface area contributed by atoms with Crippen molar-refractivity contribution in [2.24, 2.45) is 0 Å². The molecule has 0 radical (unpaired) electrons. The van der Waals surface area contributed by atoms with E-state index in [1.54, 1.807) is 27.8 Å². The second kappa shape index (κ2) is 8.99. The highest BCUT2D eigenvalue weighted by atomic mass is 32.2. The van der Waals surface area contributed by atoms with Gasteiger partial charge in [-0.2, -0.15) is 4.68 Å². The maximum atomic E-state index is 5.49. The zero-order chi connectivity index (χ0) is 19.2. The third-order valence-corrected chi connectivity index (χ3v) is 5.88. The van der Waals surface area contributed by atoms with Crippen molar-refractivity contribution in [3.8, 4) is 22.0 Å². The van der Waals surface area contributed by atoms with Crippen LogP contribution in [-0.4, -0.2) is 31.8 Å². The molecule has 2 heterocycles. The molecule has 0 aliphatic rings. The molecule has 4 aromatic rings. The number of benzene rings is 2. The first-order valence-corrected chi connectivity index (χ1v) is 10.9. The Morgan fingerprint density at radius 1 is 1.04 bits per heavy atom. The molecule has 0 fully saturated rings. The zero-order valence-electron chi connectivity index (χ0n) is 15.4. The predicted molar refractivity (Wildman–Crippen MR) is 113 cm³/mol. The van der Waals surface area contributed by atoms with Crippen LogP contribution >= 0.6 is 23.1 Å². The van der Waals surface area contributed by atoms with E-state index in [9.17, 15) is 0 Å². The standard InChI is InChI=1S/C20H19N5OS2/c1-2-26-18-10-8-15(9-11-18)20-21-16(13-28-20)12-27-14-19-22-23-24-25(19)17-6-4-3-5-7-17/h3-11,13H,2,12,14H2,1H3. The van der Waals surface area contributed by atoms with Crippen molar-refractivity contribution < 1.29 is 4.74 Å². The SMILES string of the molecule is CCOc1ccc(-c2nc(CSCc3nnnn3-c3ccccc3)cs2)cc1. The summed E-state index contributed by atoms with van der Waals surface area (Å²) in [4.78, 5) is 4.75. The van der Waals surface area contributed by atoms with Gasteiger partial charge in [-0.1, -0.05) is 18.2 Å². The van der Waals surface area contributed by atoms with Crippen LogP contribution in [0.15, 0.2) is 60.0 Å². The van der Waals surface area contributed by atoms with Gasteiger partial charge in [0, 0.05) is 16.7 Å². The fourth-order valence-corrected chi connectivity index (χ4v) is 4.43. The van der Waals surface area contributed by atoms with Crippen molar-refractivity contribution in [1.82, 2.24) is 25.2 Å². The summed E-state index contributed by atoms with van der Waals surface area (Å²) in [6.45, 7) is 2.66. The average Bonchev–Trinajstić information content (AvgIpc) is 3.39. The number of rotatable bonds is 8. The summed E-state index contributed by atoms with van der Waals surface area (Å²) >= 11 is 3.41. The van der Waals surface area contributed by atoms with E-state index >= 15 is 0 Å². The van der Waals surface area contributed by atoms with Crippen LogP contribution in [0.25, 0.3) is 16.3 Å². The summed E-state index contributed by atoms with van der Waals surface area (Å²) in [5.74, 6) is 3.25. The molecule has 0 aliphatic heterocycles. The lowest BCUT2D eigenvalue weighted by molar-refractivity contribution is 0.340. The molecule has 142 valence electrons. The van der Waals surface area contributed by atoms with Crippen molar-refractivity contribution >= 4 is 23.1 Å². The normalized spacial score (nSPS) is 10.9. The van der Waals surface area contributed by atoms with E-state index < -0.39 is 0 Å². The lowest BCUT2D eigenvalue weighted by atomic mass is 10.2. The number of ether oxygens (including phenoxy) is 1. The summed E-state index contributed by atoms with van der Waals surface area (Å²) in [7, 11) is 0. The van der Waals surface area contributed by atoms with Gasteiger partial charge in [-0.3, -0.25) is 0 Å². The van der Waals surface area contributed by atoms with E-state index in [4.69, 9.17) is 9.72 Å². The Hall–Kier alpha value is -2.71. The minimum absolute atomic E-state index is 0.672. The van der Waals surface area contributed by atoms with Crippen molar-refractivity contribution in [3.05, 3.63) is 71.5 Å². The van der Waals surface area contributed by atoms with E-state index in [0.717, 1.165) is 45.0 Å². The first-order chi connectivity index (χ1) is 13.8. The van der Waals surface area contributed by atoms with E-state index in [1.807, 2.05) is 49.4 Å². The first-order valence-electron chi connectivity index (χ1n) is 8.91. The van der Waals surface area contributed by atoms with Crippen molar-refractivity contribution in [3.63, 3.8) is 0 Å². The number of hydrogen-bond acceptors (Lipinski definition) is 7. The molecule has 2 aromatic carbocycles. The number of nitrogens with zero attached hydrogens (tertiary/aromatic N) is 5. The molecule has 0 unspecified atom stereocenters. The molecule has 0 spiro atoms. The van der Waals surface area contributed by atoms with E-state index in [-0.39, 0.29) is 0 Å². The summed E-state index contributed by atoms with van der Waals surface area (Å²) < 4.78 is 7.27. The topological polar surface area (TPSA) is 65.7 Å². The molecule has 0 N–H and O–H groups in total. The van der Waals surface area contributed by atoms with Crippen LogP contribution in [0.3, 0.4) is 0 Å². The Bertz CT molecular complexity index is 1010. The fraction of sp³-hybridized carbons (Fsp3) is 0.200. The van der Waals surface area contributed by atoms with Crippen LogP contribution in [0.4, 0.5) is 0 Å². The molecule has 0 saturated carbocycles. The molecule has 2 aromatic heterocycles. The third kappa shape index (κ3) is 4.40. The summed E-state index contributed by atoms with van der Waals surface area (Å²) in [5.41, 5.74) is 3.14. The van der Waals surface area contributed by atoms with Crippen molar-refractivity contribution in [1.29, 1.82) is 0 Å². The van der Waals surface area contributed by atoms with Gasteiger partial charge in [0.05, 0.1) is 23.7 Å². The molecule has 0 atom stereocenters. The molecular formula is C20H19N5OS2. The average molecular weight is 410 g/mol. The van der Waals surface area contributed by atoms with Crippen molar-refractivity contribution in [2.45, 2.75) is 18.4 Å². The molecule has 4 rings (SSSR count). The molecule has 8 heteroatoms. The quantitative estimate of drug-likeness (QED) is 0.423. The lowest BCUT2D eigenvalue weighted by Crippen LogP contribution is -2.02. The van der Waals surface area contributed by atoms with Gasteiger partial charge in [0.15, 0.2) is 5.82 Å². The van der Waals surface area contributed by atoms with E-state index in [1.165, 1.54) is 0 Å². The van der Waals surface area contributed by atoms with Crippen LogP contribution < -0.4 is 4.74 Å². The molecule has 6 nitrogen and oxygen atoms in total. The molecule has 0 saturated heterocycles. The molecule has 0 amide bonds. The van der Waals surface area contributed by atoms with Gasteiger partial charge in [-0.05, 0) is 53.7 Å². The zero-order valence-corrected chi connectivity index (χ0v) is 17.0. The van der Waals surface area contributed by atoms with E-state index in [2.05, 4.69) is 33.0 Å². The van der Waals surface area contributed by atoms with Crippen molar-refractivity contribution in [2.75, 3.05) is 6.61 Å². The highest BCUT2D eigenvalue weighted by Crippen LogP contribution is 2.27. The smallest absolute Gasteiger partial charge is 0.166 e.